The van der Waals surface area contributed by atoms with Gasteiger partial charge in [-0.1, -0.05) is 6.42 Å². The van der Waals surface area contributed by atoms with Crippen LogP contribution < -0.4 is 10.2 Å². The molecule has 0 saturated heterocycles. The zero-order valence-electron chi connectivity index (χ0n) is 12.3. The van der Waals surface area contributed by atoms with E-state index in [1.54, 1.807) is 12.1 Å². The lowest BCUT2D eigenvalue weighted by molar-refractivity contribution is -0.384. The van der Waals surface area contributed by atoms with E-state index in [1.165, 1.54) is 19.3 Å². The third kappa shape index (κ3) is 3.40. The molecule has 0 atom stereocenters. The van der Waals surface area contributed by atoms with Gasteiger partial charge < -0.3 is 10.2 Å². The van der Waals surface area contributed by atoms with E-state index in [1.807, 2.05) is 13.0 Å². The highest BCUT2D eigenvalue weighted by atomic mass is 16.6. The van der Waals surface area contributed by atoms with Crippen molar-refractivity contribution >= 4 is 17.1 Å². The molecule has 0 heterocycles. The van der Waals surface area contributed by atoms with Crippen LogP contribution in [0.5, 0.6) is 0 Å². The van der Waals surface area contributed by atoms with Crippen LogP contribution in [0, 0.1) is 16.0 Å². The predicted molar refractivity (Wildman–Crippen MR) is 82.5 cm³/mol. The first-order chi connectivity index (χ1) is 9.63. The highest BCUT2D eigenvalue weighted by Crippen LogP contribution is 2.31. The van der Waals surface area contributed by atoms with Crippen LogP contribution >= 0.6 is 0 Å². The summed E-state index contributed by atoms with van der Waals surface area (Å²) in [7, 11) is 0. The van der Waals surface area contributed by atoms with E-state index in [-0.39, 0.29) is 10.6 Å². The van der Waals surface area contributed by atoms with Gasteiger partial charge in [-0.15, -0.1) is 0 Å². The summed E-state index contributed by atoms with van der Waals surface area (Å²) < 4.78 is 0. The molecular formula is C15H23N3O2. The summed E-state index contributed by atoms with van der Waals surface area (Å²) in [5.74, 6) is 0.747. The summed E-state index contributed by atoms with van der Waals surface area (Å²) >= 11 is 0. The molecule has 5 nitrogen and oxygen atoms in total. The lowest BCUT2D eigenvalue weighted by Gasteiger charge is -2.33. The highest BCUT2D eigenvalue weighted by molar-refractivity contribution is 5.64. The maximum Gasteiger partial charge on any atom is 0.273 e. The van der Waals surface area contributed by atoms with Crippen LogP contribution in [-0.4, -0.2) is 24.6 Å². The van der Waals surface area contributed by atoms with Crippen LogP contribution in [0.3, 0.4) is 0 Å². The topological polar surface area (TPSA) is 58.4 Å². The Labute approximate surface area is 120 Å². The minimum atomic E-state index is -0.318. The fraction of sp³-hybridized carbons (Fsp3) is 0.600. The monoisotopic (exact) mass is 277 g/mol. The van der Waals surface area contributed by atoms with Gasteiger partial charge >= 0.3 is 0 Å². The average Bonchev–Trinajstić information content (AvgIpc) is 2.37. The van der Waals surface area contributed by atoms with Gasteiger partial charge in [0.15, 0.2) is 0 Å². The number of hydrogen-bond donors (Lipinski definition) is 1. The van der Waals surface area contributed by atoms with E-state index in [2.05, 4.69) is 17.1 Å². The fourth-order valence-corrected chi connectivity index (χ4v) is 2.59. The van der Waals surface area contributed by atoms with Crippen molar-refractivity contribution in [2.45, 2.75) is 33.1 Å². The van der Waals surface area contributed by atoms with Crippen LogP contribution in [-0.2, 0) is 0 Å². The van der Waals surface area contributed by atoms with Crippen molar-refractivity contribution in [2.24, 2.45) is 5.92 Å². The molecule has 2 rings (SSSR count). The summed E-state index contributed by atoms with van der Waals surface area (Å²) in [6.07, 6.45) is 3.89. The Morgan fingerprint density at radius 3 is 2.60 bits per heavy atom. The van der Waals surface area contributed by atoms with Gasteiger partial charge in [-0.05, 0) is 38.7 Å². The minimum Gasteiger partial charge on any atom is -0.385 e. The second-order valence-corrected chi connectivity index (χ2v) is 5.36. The van der Waals surface area contributed by atoms with Crippen LogP contribution in [0.25, 0.3) is 0 Å². The molecule has 1 N–H and O–H groups in total. The van der Waals surface area contributed by atoms with E-state index in [9.17, 15) is 10.1 Å². The number of nitrogens with zero attached hydrogens (tertiary/aromatic N) is 2. The highest BCUT2D eigenvalue weighted by Gasteiger charge is 2.21. The first kappa shape index (κ1) is 14.6. The normalized spacial score (nSPS) is 14.7. The van der Waals surface area contributed by atoms with Crippen molar-refractivity contribution < 1.29 is 4.92 Å². The molecule has 1 aromatic carbocycles. The largest absolute Gasteiger partial charge is 0.385 e. The SMILES string of the molecule is CCNc1cc(N(CC)CC2CCC2)cc([N+](=O)[O-])c1. The summed E-state index contributed by atoms with van der Waals surface area (Å²) in [6.45, 7) is 6.73. The number of benzene rings is 1. The Morgan fingerprint density at radius 1 is 1.35 bits per heavy atom. The van der Waals surface area contributed by atoms with Gasteiger partial charge in [0.2, 0.25) is 0 Å². The predicted octanol–water partition coefficient (Wildman–Crippen LogP) is 3.65. The first-order valence-corrected chi connectivity index (χ1v) is 7.42. The van der Waals surface area contributed by atoms with Crippen molar-refractivity contribution in [3.05, 3.63) is 28.3 Å². The van der Waals surface area contributed by atoms with Crippen LogP contribution in [0.4, 0.5) is 17.1 Å². The molecule has 1 aliphatic carbocycles. The second-order valence-electron chi connectivity index (χ2n) is 5.36. The van der Waals surface area contributed by atoms with Gasteiger partial charge in [0.05, 0.1) is 4.92 Å². The Balaban J connectivity index is 2.24. The van der Waals surface area contributed by atoms with Gasteiger partial charge in [0.1, 0.15) is 0 Å². The third-order valence-corrected chi connectivity index (χ3v) is 3.94. The summed E-state index contributed by atoms with van der Waals surface area (Å²) in [6, 6.07) is 5.30. The molecule has 0 radical (unpaired) electrons. The zero-order valence-corrected chi connectivity index (χ0v) is 12.3. The lowest BCUT2D eigenvalue weighted by Crippen LogP contribution is -2.32. The van der Waals surface area contributed by atoms with Crippen LogP contribution in [0.15, 0.2) is 18.2 Å². The van der Waals surface area contributed by atoms with Gasteiger partial charge in [-0.3, -0.25) is 10.1 Å². The van der Waals surface area contributed by atoms with Crippen LogP contribution in [0.1, 0.15) is 33.1 Å². The number of hydrogen-bond acceptors (Lipinski definition) is 4. The fourth-order valence-electron chi connectivity index (χ4n) is 2.59. The molecule has 110 valence electrons. The summed E-state index contributed by atoms with van der Waals surface area (Å²) in [5, 5.41) is 14.2. The Bertz CT molecular complexity index is 472. The van der Waals surface area contributed by atoms with Crippen molar-refractivity contribution in [3.63, 3.8) is 0 Å². The van der Waals surface area contributed by atoms with E-state index in [0.717, 1.165) is 36.9 Å². The van der Waals surface area contributed by atoms with Crippen molar-refractivity contribution in [3.8, 4) is 0 Å². The van der Waals surface area contributed by atoms with Gasteiger partial charge in [0.25, 0.3) is 5.69 Å². The molecule has 5 heteroatoms. The molecule has 0 amide bonds. The quantitative estimate of drug-likeness (QED) is 0.610. The molecule has 20 heavy (non-hydrogen) atoms. The Morgan fingerprint density at radius 2 is 2.10 bits per heavy atom. The maximum absolute atomic E-state index is 11.1. The Hall–Kier alpha value is -1.78. The number of nitrogens with one attached hydrogen (secondary N) is 1. The molecule has 0 aromatic heterocycles. The van der Waals surface area contributed by atoms with Gasteiger partial charge in [0, 0.05) is 43.1 Å². The van der Waals surface area contributed by atoms with E-state index < -0.39 is 0 Å². The minimum absolute atomic E-state index is 0.158. The standard InChI is InChI=1S/C15H23N3O2/c1-3-16-13-8-14(10-15(9-13)18(19)20)17(4-2)11-12-6-5-7-12/h8-10,12,16H,3-7,11H2,1-2H3. The molecule has 1 aliphatic rings. The molecule has 0 aliphatic heterocycles. The Kier molecular flexibility index (Phi) is 4.82. The zero-order chi connectivity index (χ0) is 14.5. The molecule has 0 bridgehead atoms. The van der Waals surface area contributed by atoms with Crippen molar-refractivity contribution in [1.82, 2.24) is 0 Å². The van der Waals surface area contributed by atoms with E-state index in [4.69, 9.17) is 0 Å². The van der Waals surface area contributed by atoms with Crippen LogP contribution in [0.2, 0.25) is 0 Å². The summed E-state index contributed by atoms with van der Waals surface area (Å²) in [4.78, 5) is 13.0. The van der Waals surface area contributed by atoms with E-state index >= 15 is 0 Å². The second kappa shape index (κ2) is 6.59. The number of rotatable bonds is 7. The molecule has 1 fully saturated rings. The lowest BCUT2D eigenvalue weighted by atomic mass is 9.85. The molecule has 1 aromatic rings. The average molecular weight is 277 g/mol. The smallest absolute Gasteiger partial charge is 0.273 e. The number of non-ortho nitro benzene ring substituents is 1. The van der Waals surface area contributed by atoms with Crippen molar-refractivity contribution in [1.29, 1.82) is 0 Å². The number of nitro benzene ring substituents is 1. The number of anilines is 2. The molecule has 1 saturated carbocycles. The third-order valence-electron chi connectivity index (χ3n) is 3.94. The molecular weight excluding hydrogens is 254 g/mol. The summed E-state index contributed by atoms with van der Waals surface area (Å²) in [5.41, 5.74) is 1.93. The van der Waals surface area contributed by atoms with Crippen molar-refractivity contribution in [2.75, 3.05) is 29.9 Å². The van der Waals surface area contributed by atoms with Gasteiger partial charge in [-0.2, -0.15) is 0 Å². The van der Waals surface area contributed by atoms with Gasteiger partial charge in [-0.25, -0.2) is 0 Å². The molecule has 0 spiro atoms. The molecule has 0 unspecified atom stereocenters. The maximum atomic E-state index is 11.1. The first-order valence-electron chi connectivity index (χ1n) is 7.42. The number of nitro groups is 1. The van der Waals surface area contributed by atoms with E-state index in [0.29, 0.717) is 0 Å².